The molecule has 0 spiro atoms. The van der Waals surface area contributed by atoms with Crippen molar-refractivity contribution in [3.8, 4) is 0 Å². The summed E-state index contributed by atoms with van der Waals surface area (Å²) in [5.74, 6) is 0. The number of hydrogen-bond acceptors (Lipinski definition) is 5. The Hall–Kier alpha value is -1.22. The molecule has 0 saturated heterocycles. The van der Waals surface area contributed by atoms with E-state index in [4.69, 9.17) is 0 Å². The van der Waals surface area contributed by atoms with Crippen LogP contribution in [-0.4, -0.2) is 37.0 Å². The Morgan fingerprint density at radius 3 is 2.81 bits per heavy atom. The normalized spacial score (nSPS) is 13.8. The fraction of sp³-hybridized carbons (Fsp3) is 0.462. The maximum Gasteiger partial charge on any atom is 0.247 e. The van der Waals surface area contributed by atoms with Crippen LogP contribution in [0.25, 0.3) is 0 Å². The number of sulfonamides is 1. The minimum Gasteiger partial charge on any atom is -0.314 e. The zero-order valence-electron chi connectivity index (χ0n) is 12.5. The zero-order valence-corrected chi connectivity index (χ0v) is 14.2. The predicted octanol–water partition coefficient (Wildman–Crippen LogP) is 1.88. The largest absolute Gasteiger partial charge is 0.314 e. The topological polar surface area (TPSA) is 78.1 Å². The maximum absolute atomic E-state index is 12.9. The Labute approximate surface area is 129 Å². The molecule has 2 rings (SSSR count). The van der Waals surface area contributed by atoms with Crippen molar-refractivity contribution in [2.75, 3.05) is 14.1 Å². The molecule has 1 atom stereocenters. The molecule has 116 valence electrons. The van der Waals surface area contributed by atoms with Gasteiger partial charge in [-0.25, -0.2) is 8.42 Å². The van der Waals surface area contributed by atoms with E-state index in [1.165, 1.54) is 4.31 Å². The van der Waals surface area contributed by atoms with Gasteiger partial charge in [0, 0.05) is 18.5 Å². The summed E-state index contributed by atoms with van der Waals surface area (Å²) < 4.78 is 27.2. The number of thiophene rings is 1. The van der Waals surface area contributed by atoms with Gasteiger partial charge < -0.3 is 5.32 Å². The Morgan fingerprint density at radius 2 is 2.24 bits per heavy atom. The highest BCUT2D eigenvalue weighted by Crippen LogP contribution is 2.30. The van der Waals surface area contributed by atoms with Crippen molar-refractivity contribution in [1.82, 2.24) is 19.8 Å². The molecule has 6 nitrogen and oxygen atoms in total. The summed E-state index contributed by atoms with van der Waals surface area (Å²) in [6.45, 7) is 4.01. The number of aryl methyl sites for hydroxylation is 1. The highest BCUT2D eigenvalue weighted by Gasteiger charge is 2.31. The second-order valence-corrected chi connectivity index (χ2v) is 7.78. The zero-order chi connectivity index (χ0) is 15.6. The third-order valence-electron chi connectivity index (χ3n) is 3.44. The lowest BCUT2D eigenvalue weighted by molar-refractivity contribution is 0.402. The first-order valence-electron chi connectivity index (χ1n) is 6.59. The van der Waals surface area contributed by atoms with Crippen LogP contribution in [-0.2, 0) is 16.6 Å². The van der Waals surface area contributed by atoms with E-state index in [1.54, 1.807) is 32.4 Å². The number of hydrogen-bond donors (Lipinski definition) is 2. The number of nitrogens with one attached hydrogen (secondary N) is 2. The van der Waals surface area contributed by atoms with E-state index in [2.05, 4.69) is 15.5 Å². The predicted molar refractivity (Wildman–Crippen MR) is 83.8 cm³/mol. The smallest absolute Gasteiger partial charge is 0.247 e. The van der Waals surface area contributed by atoms with Gasteiger partial charge in [0.1, 0.15) is 4.90 Å². The average Bonchev–Trinajstić information content (AvgIpc) is 3.07. The van der Waals surface area contributed by atoms with Crippen LogP contribution in [0.15, 0.2) is 22.4 Å². The Morgan fingerprint density at radius 1 is 1.52 bits per heavy atom. The van der Waals surface area contributed by atoms with Crippen molar-refractivity contribution in [3.05, 3.63) is 33.8 Å². The van der Waals surface area contributed by atoms with Crippen LogP contribution in [0.3, 0.4) is 0 Å². The van der Waals surface area contributed by atoms with Crippen molar-refractivity contribution in [1.29, 1.82) is 0 Å². The van der Waals surface area contributed by atoms with Gasteiger partial charge in [-0.3, -0.25) is 5.10 Å². The van der Waals surface area contributed by atoms with Crippen LogP contribution < -0.4 is 5.32 Å². The number of aromatic amines is 1. The molecular weight excluding hydrogens is 308 g/mol. The number of rotatable bonds is 6. The fourth-order valence-electron chi connectivity index (χ4n) is 2.16. The van der Waals surface area contributed by atoms with Crippen molar-refractivity contribution >= 4 is 21.4 Å². The molecule has 0 fully saturated rings. The van der Waals surface area contributed by atoms with E-state index >= 15 is 0 Å². The Balaban J connectivity index is 2.40. The number of aromatic nitrogens is 2. The summed E-state index contributed by atoms with van der Waals surface area (Å²) in [4.78, 5) is 1.28. The lowest BCUT2D eigenvalue weighted by Gasteiger charge is -2.23. The molecule has 0 aromatic carbocycles. The molecule has 0 amide bonds. The summed E-state index contributed by atoms with van der Waals surface area (Å²) in [6, 6.07) is 3.65. The third-order valence-corrected chi connectivity index (χ3v) is 6.62. The fourth-order valence-corrected chi connectivity index (χ4v) is 4.72. The minimum absolute atomic E-state index is 0.216. The molecule has 0 aliphatic heterocycles. The molecule has 0 aliphatic carbocycles. The highest BCUT2D eigenvalue weighted by atomic mass is 32.2. The van der Waals surface area contributed by atoms with Crippen LogP contribution in [0, 0.1) is 6.92 Å². The summed E-state index contributed by atoms with van der Waals surface area (Å²) in [6.07, 6.45) is 0. The molecule has 2 aromatic rings. The third kappa shape index (κ3) is 3.03. The van der Waals surface area contributed by atoms with Gasteiger partial charge in [0.05, 0.1) is 17.4 Å². The first-order chi connectivity index (χ1) is 9.89. The molecule has 0 aliphatic rings. The number of nitrogens with zero attached hydrogens (tertiary/aromatic N) is 2. The second-order valence-electron chi connectivity index (χ2n) is 4.87. The second kappa shape index (κ2) is 6.27. The van der Waals surface area contributed by atoms with Gasteiger partial charge >= 0.3 is 0 Å². The van der Waals surface area contributed by atoms with E-state index in [-0.39, 0.29) is 10.9 Å². The van der Waals surface area contributed by atoms with Gasteiger partial charge in [0.15, 0.2) is 0 Å². The van der Waals surface area contributed by atoms with Crippen molar-refractivity contribution in [3.63, 3.8) is 0 Å². The van der Waals surface area contributed by atoms with Crippen LogP contribution in [0.2, 0.25) is 0 Å². The maximum atomic E-state index is 12.9. The van der Waals surface area contributed by atoms with E-state index in [9.17, 15) is 8.42 Å². The molecule has 0 bridgehead atoms. The molecule has 2 N–H and O–H groups in total. The first kappa shape index (κ1) is 16.2. The van der Waals surface area contributed by atoms with Crippen molar-refractivity contribution in [2.45, 2.75) is 31.3 Å². The Bertz CT molecular complexity index is 692. The van der Waals surface area contributed by atoms with Gasteiger partial charge in [0.2, 0.25) is 10.0 Å². The van der Waals surface area contributed by atoms with Crippen LogP contribution >= 0.6 is 11.3 Å². The van der Waals surface area contributed by atoms with Crippen molar-refractivity contribution < 1.29 is 8.42 Å². The van der Waals surface area contributed by atoms with Crippen LogP contribution in [0.1, 0.15) is 29.2 Å². The lowest BCUT2D eigenvalue weighted by atomic mass is 10.3. The standard InChI is InChI=1S/C13H20N4O2S2/c1-9-13(11(8-14-3)16-15-9)21(18,19)17(4)10(2)12-6-5-7-20-12/h5-7,10,14H,8H2,1-4H3,(H,15,16). The molecule has 0 saturated carbocycles. The summed E-state index contributed by atoms with van der Waals surface area (Å²) in [5.41, 5.74) is 1.07. The molecule has 8 heteroatoms. The SMILES string of the molecule is CNCc1n[nH]c(C)c1S(=O)(=O)N(C)C(C)c1cccs1. The van der Waals surface area contributed by atoms with Crippen LogP contribution in [0.4, 0.5) is 0 Å². The summed E-state index contributed by atoms with van der Waals surface area (Å²) in [5, 5.41) is 11.7. The first-order valence-corrected chi connectivity index (χ1v) is 8.91. The van der Waals surface area contributed by atoms with Gasteiger partial charge in [-0.1, -0.05) is 6.07 Å². The minimum atomic E-state index is -3.60. The lowest BCUT2D eigenvalue weighted by Crippen LogP contribution is -2.30. The number of H-pyrrole nitrogens is 1. The molecular formula is C13H20N4O2S2. The van der Waals surface area contributed by atoms with Gasteiger partial charge in [-0.15, -0.1) is 11.3 Å². The van der Waals surface area contributed by atoms with Gasteiger partial charge in [0.25, 0.3) is 0 Å². The molecule has 0 radical (unpaired) electrons. The van der Waals surface area contributed by atoms with E-state index < -0.39 is 10.0 Å². The highest BCUT2D eigenvalue weighted by molar-refractivity contribution is 7.89. The van der Waals surface area contributed by atoms with Crippen molar-refractivity contribution in [2.24, 2.45) is 0 Å². The van der Waals surface area contributed by atoms with E-state index in [0.29, 0.717) is 17.9 Å². The molecule has 2 heterocycles. The van der Waals surface area contributed by atoms with E-state index in [0.717, 1.165) is 4.88 Å². The average molecular weight is 328 g/mol. The van der Waals surface area contributed by atoms with Gasteiger partial charge in [-0.2, -0.15) is 9.40 Å². The molecule has 2 aromatic heterocycles. The molecule has 21 heavy (non-hydrogen) atoms. The van der Waals surface area contributed by atoms with E-state index in [1.807, 2.05) is 24.4 Å². The van der Waals surface area contributed by atoms with Gasteiger partial charge in [-0.05, 0) is 32.3 Å². The monoisotopic (exact) mass is 328 g/mol. The van der Waals surface area contributed by atoms with Crippen LogP contribution in [0.5, 0.6) is 0 Å². The quantitative estimate of drug-likeness (QED) is 0.849. The summed E-state index contributed by atoms with van der Waals surface area (Å²) >= 11 is 1.55. The Kier molecular flexibility index (Phi) is 4.82. The molecule has 1 unspecified atom stereocenters. The summed E-state index contributed by atoms with van der Waals surface area (Å²) in [7, 11) is -0.229.